The smallest absolute Gasteiger partial charge is 0.0708 e. The Bertz CT molecular complexity index is 3660. The minimum absolute atomic E-state index is 0.964. The molecule has 0 atom stereocenters. The third kappa shape index (κ3) is 8.31. The molecular formula is C65H49N5. The molecular weight excluding hydrogens is 851 g/mol. The minimum atomic E-state index is 0.964. The molecule has 12 aromatic rings. The zero-order valence-electron chi connectivity index (χ0n) is 39.1. The van der Waals surface area contributed by atoms with E-state index in [0.29, 0.717) is 0 Å². The monoisotopic (exact) mass is 899 g/mol. The van der Waals surface area contributed by atoms with E-state index in [-0.39, 0.29) is 0 Å². The normalized spacial score (nSPS) is 11.5. The quantitative estimate of drug-likeness (QED) is 0.107. The van der Waals surface area contributed by atoms with Crippen molar-refractivity contribution in [2.45, 2.75) is 6.92 Å². The summed E-state index contributed by atoms with van der Waals surface area (Å²) in [6.07, 6.45) is 9.23. The van der Waals surface area contributed by atoms with Crippen molar-refractivity contribution < 1.29 is 0 Å². The lowest BCUT2D eigenvalue weighted by molar-refractivity contribution is 1.18. The number of aromatic nitrogens is 4. The number of benzene rings is 8. The topological polar surface area (TPSA) is 48.0 Å². The van der Waals surface area contributed by atoms with Crippen LogP contribution in [0.5, 0.6) is 0 Å². The van der Waals surface area contributed by atoms with Gasteiger partial charge in [-0.2, -0.15) is 0 Å². The zero-order valence-corrected chi connectivity index (χ0v) is 39.1. The molecule has 0 saturated heterocycles. The highest BCUT2D eigenvalue weighted by Gasteiger charge is 2.19. The van der Waals surface area contributed by atoms with Crippen LogP contribution in [-0.2, 0) is 0 Å². The number of aliphatic imine (C=N–C) groups is 1. The molecule has 0 bridgehead atoms. The van der Waals surface area contributed by atoms with Crippen molar-refractivity contribution in [2.24, 2.45) is 4.99 Å². The van der Waals surface area contributed by atoms with E-state index in [4.69, 9.17) is 9.97 Å². The molecule has 8 aromatic carbocycles. The number of fused-ring (bicyclic) bond motifs is 6. The Kier molecular flexibility index (Phi) is 11.9. The molecule has 0 aliphatic rings. The van der Waals surface area contributed by atoms with Crippen LogP contribution >= 0.6 is 0 Å². The van der Waals surface area contributed by atoms with Gasteiger partial charge in [-0.15, -0.1) is 0 Å². The number of para-hydroxylation sites is 2. The fraction of sp³-hybridized carbons (Fsp3) is 0.0308. The second-order valence-electron chi connectivity index (χ2n) is 17.4. The summed E-state index contributed by atoms with van der Waals surface area (Å²) < 4.78 is 4.79. The van der Waals surface area contributed by atoms with Crippen LogP contribution in [0.4, 0.5) is 0 Å². The summed E-state index contributed by atoms with van der Waals surface area (Å²) in [5.41, 5.74) is 19.1. The molecule has 4 aromatic heterocycles. The maximum absolute atomic E-state index is 4.72. The third-order valence-corrected chi connectivity index (χ3v) is 12.9. The maximum atomic E-state index is 4.72. The highest BCUT2D eigenvalue weighted by Crippen LogP contribution is 2.42. The summed E-state index contributed by atoms with van der Waals surface area (Å²) in [6, 6.07) is 78.5. The van der Waals surface area contributed by atoms with Gasteiger partial charge in [0.05, 0.1) is 33.5 Å². The van der Waals surface area contributed by atoms with Gasteiger partial charge in [0, 0.05) is 69.7 Å². The molecule has 0 radical (unpaired) electrons. The van der Waals surface area contributed by atoms with Gasteiger partial charge in [-0.3, -0.25) is 15.0 Å². The number of allylic oxidation sites excluding steroid dienone is 3. The summed E-state index contributed by atoms with van der Waals surface area (Å²) in [5.74, 6) is 0. The van der Waals surface area contributed by atoms with Gasteiger partial charge in [0.15, 0.2) is 0 Å². The number of rotatable bonds is 9. The Morgan fingerprint density at radius 1 is 0.414 bits per heavy atom. The average molecular weight is 900 g/mol. The van der Waals surface area contributed by atoms with Gasteiger partial charge in [0.1, 0.15) is 0 Å². The van der Waals surface area contributed by atoms with E-state index in [0.717, 1.165) is 61.7 Å². The molecule has 5 heteroatoms. The summed E-state index contributed by atoms with van der Waals surface area (Å²) in [6.45, 7) is 5.62. The van der Waals surface area contributed by atoms with Crippen LogP contribution in [0.15, 0.2) is 260 Å². The zero-order chi connectivity index (χ0) is 47.4. The molecule has 0 amide bonds. The van der Waals surface area contributed by atoms with Crippen molar-refractivity contribution in [2.75, 3.05) is 7.05 Å². The van der Waals surface area contributed by atoms with E-state index in [2.05, 4.69) is 227 Å². The molecule has 0 N–H and O–H groups in total. The lowest BCUT2D eigenvalue weighted by Gasteiger charge is -2.11. The van der Waals surface area contributed by atoms with Gasteiger partial charge >= 0.3 is 0 Å². The third-order valence-electron chi connectivity index (χ3n) is 12.9. The molecule has 0 unspecified atom stereocenters. The average Bonchev–Trinajstić information content (AvgIpc) is 3.93. The second kappa shape index (κ2) is 19.2. The standard InChI is InChI=1S/C58H38N4.C7H11N/c1-3-15-43(16-4-1)61-55-29-25-39(35-49(55)51-37-41(27-31-57(51)61)45-19-7-9-21-47(45)53-23-11-13-33-59-53)40-26-30-56-50(36-40)52-38-42(28-32-58(52)62(56)44-17-5-2-6-18-44)46-20-8-10-22-48(46)54-24-12-14-34-60-54;1-7(2)5-4-6-8-3/h1-38H;4-6H,1H2,2-3H3/b;5-4-,8-6?. The molecule has 0 aliphatic carbocycles. The fourth-order valence-electron chi connectivity index (χ4n) is 9.71. The predicted octanol–water partition coefficient (Wildman–Crippen LogP) is 16.8. The molecule has 0 spiro atoms. The fourth-order valence-corrected chi connectivity index (χ4v) is 9.71. The summed E-state index contributed by atoms with van der Waals surface area (Å²) >= 11 is 0. The number of hydrogen-bond acceptors (Lipinski definition) is 3. The first-order chi connectivity index (χ1) is 34.5. The van der Waals surface area contributed by atoms with Crippen LogP contribution < -0.4 is 0 Å². The van der Waals surface area contributed by atoms with Crippen molar-refractivity contribution in [3.8, 4) is 67.3 Å². The van der Waals surface area contributed by atoms with Gasteiger partial charge < -0.3 is 9.13 Å². The van der Waals surface area contributed by atoms with E-state index in [1.54, 1.807) is 13.3 Å². The van der Waals surface area contributed by atoms with Crippen LogP contribution in [-0.4, -0.2) is 32.4 Å². The van der Waals surface area contributed by atoms with Crippen LogP contribution in [0.3, 0.4) is 0 Å². The summed E-state index contributed by atoms with van der Waals surface area (Å²) in [4.78, 5) is 13.2. The van der Waals surface area contributed by atoms with E-state index in [1.165, 1.54) is 54.7 Å². The Labute approximate surface area is 408 Å². The van der Waals surface area contributed by atoms with Crippen LogP contribution in [0.25, 0.3) is 111 Å². The van der Waals surface area contributed by atoms with Gasteiger partial charge in [-0.25, -0.2) is 0 Å². The van der Waals surface area contributed by atoms with Gasteiger partial charge in [-0.05, 0) is 143 Å². The van der Waals surface area contributed by atoms with Gasteiger partial charge in [0.2, 0.25) is 0 Å². The largest absolute Gasteiger partial charge is 0.309 e. The Balaban J connectivity index is 0.000000616. The van der Waals surface area contributed by atoms with E-state index >= 15 is 0 Å². The molecule has 0 aliphatic heterocycles. The van der Waals surface area contributed by atoms with Crippen molar-refractivity contribution >= 4 is 49.8 Å². The van der Waals surface area contributed by atoms with E-state index < -0.39 is 0 Å². The summed E-state index contributed by atoms with van der Waals surface area (Å²) in [5, 5.41) is 4.83. The van der Waals surface area contributed by atoms with Crippen molar-refractivity contribution in [3.63, 3.8) is 0 Å². The molecule has 0 saturated carbocycles. The Morgan fingerprint density at radius 2 is 0.771 bits per heavy atom. The molecule has 12 rings (SSSR count). The van der Waals surface area contributed by atoms with Gasteiger partial charge in [-0.1, -0.05) is 140 Å². The van der Waals surface area contributed by atoms with Crippen molar-refractivity contribution in [1.82, 2.24) is 19.1 Å². The van der Waals surface area contributed by atoms with E-state index in [9.17, 15) is 0 Å². The van der Waals surface area contributed by atoms with Crippen molar-refractivity contribution in [1.29, 1.82) is 0 Å². The molecule has 334 valence electrons. The number of nitrogens with zero attached hydrogens (tertiary/aromatic N) is 5. The molecule has 5 nitrogen and oxygen atoms in total. The highest BCUT2D eigenvalue weighted by atomic mass is 15.0. The van der Waals surface area contributed by atoms with Gasteiger partial charge in [0.25, 0.3) is 0 Å². The SMILES string of the molecule is C=C(C)/C=C\C=NC.c1ccc(-n2c3ccc(-c4ccc5c(c4)c4cc(-c6ccccc6-c6ccccn6)ccc4n5-c4ccccc4)cc3c3cc(-c4ccccc4-c4ccccn4)ccc32)cc1. The number of pyridine rings is 2. The van der Waals surface area contributed by atoms with Crippen LogP contribution in [0.1, 0.15) is 6.92 Å². The summed E-state index contributed by atoms with van der Waals surface area (Å²) in [7, 11) is 1.74. The lowest BCUT2D eigenvalue weighted by Crippen LogP contribution is -1.93. The minimum Gasteiger partial charge on any atom is -0.309 e. The first kappa shape index (κ1) is 43.4. The first-order valence-electron chi connectivity index (χ1n) is 23.6. The number of hydrogen-bond donors (Lipinski definition) is 0. The van der Waals surface area contributed by atoms with E-state index in [1.807, 2.05) is 43.6 Å². The van der Waals surface area contributed by atoms with Crippen LogP contribution in [0, 0.1) is 0 Å². The predicted molar refractivity (Wildman–Crippen MR) is 296 cm³/mol. The maximum Gasteiger partial charge on any atom is 0.0708 e. The first-order valence-corrected chi connectivity index (χ1v) is 23.6. The van der Waals surface area contributed by atoms with Crippen molar-refractivity contribution in [3.05, 3.63) is 255 Å². The van der Waals surface area contributed by atoms with Crippen LogP contribution in [0.2, 0.25) is 0 Å². The highest BCUT2D eigenvalue weighted by molar-refractivity contribution is 6.14. The Hall–Kier alpha value is -9.19. The second-order valence-corrected chi connectivity index (χ2v) is 17.4. The molecule has 4 heterocycles. The molecule has 0 fully saturated rings. The lowest BCUT2D eigenvalue weighted by atomic mass is 9.95. The Morgan fingerprint density at radius 3 is 1.14 bits per heavy atom. The molecule has 70 heavy (non-hydrogen) atoms.